The van der Waals surface area contributed by atoms with Gasteiger partial charge in [-0.25, -0.2) is 4.79 Å². The topological polar surface area (TPSA) is 64.1 Å². The summed E-state index contributed by atoms with van der Waals surface area (Å²) in [5.74, 6) is -1.10. The van der Waals surface area contributed by atoms with Gasteiger partial charge in [-0.2, -0.15) is 0 Å². The van der Waals surface area contributed by atoms with Crippen LogP contribution in [0.25, 0.3) is 0 Å². The lowest BCUT2D eigenvalue weighted by Gasteiger charge is -2.35. The van der Waals surface area contributed by atoms with E-state index in [1.807, 2.05) is 48.5 Å². The van der Waals surface area contributed by atoms with Crippen LogP contribution in [0.5, 0.6) is 0 Å². The Balaban J connectivity index is 1.34. The van der Waals surface area contributed by atoms with Crippen molar-refractivity contribution in [2.75, 3.05) is 37.6 Å². The highest BCUT2D eigenvalue weighted by Gasteiger charge is 2.38. The van der Waals surface area contributed by atoms with E-state index in [1.54, 1.807) is 0 Å². The number of amides is 1. The molecule has 29 heavy (non-hydrogen) atoms. The maximum atomic E-state index is 13.0. The van der Waals surface area contributed by atoms with Gasteiger partial charge in [-0.05, 0) is 29.3 Å². The monoisotopic (exact) mass is 413 g/mol. The summed E-state index contributed by atoms with van der Waals surface area (Å²) >= 11 is 5.94. The predicted octanol–water partition coefficient (Wildman–Crippen LogP) is 2.50. The zero-order valence-corrected chi connectivity index (χ0v) is 16.9. The third kappa shape index (κ3) is 4.45. The Kier molecular flexibility index (Phi) is 5.85. The molecule has 0 unspecified atom stereocenters. The normalized spacial score (nSPS) is 19.9. The Hall–Kier alpha value is -2.41. The van der Waals surface area contributed by atoms with Gasteiger partial charge < -0.3 is 5.11 Å². The third-order valence-electron chi connectivity index (χ3n) is 5.67. The van der Waals surface area contributed by atoms with Crippen molar-refractivity contribution in [2.24, 2.45) is 0 Å². The molecule has 0 aromatic heterocycles. The van der Waals surface area contributed by atoms with Crippen molar-refractivity contribution >= 4 is 29.2 Å². The number of piperazine rings is 1. The predicted molar refractivity (Wildman–Crippen MR) is 112 cm³/mol. The van der Waals surface area contributed by atoms with Crippen LogP contribution in [0.3, 0.4) is 0 Å². The molecule has 1 fully saturated rings. The second-order valence-electron chi connectivity index (χ2n) is 7.63. The van der Waals surface area contributed by atoms with Crippen molar-refractivity contribution in [2.45, 2.75) is 19.0 Å². The molecule has 0 spiro atoms. The molecule has 7 heteroatoms. The Morgan fingerprint density at radius 2 is 1.62 bits per heavy atom. The van der Waals surface area contributed by atoms with Gasteiger partial charge in [0.2, 0.25) is 5.91 Å². The van der Waals surface area contributed by atoms with Crippen LogP contribution in [0.4, 0.5) is 5.69 Å². The number of nitrogens with zero attached hydrogens (tertiary/aromatic N) is 3. The number of anilines is 1. The lowest BCUT2D eigenvalue weighted by molar-refractivity contribution is -0.140. The summed E-state index contributed by atoms with van der Waals surface area (Å²) < 4.78 is 0. The lowest BCUT2D eigenvalue weighted by atomic mass is 10.1. The maximum absolute atomic E-state index is 13.0. The van der Waals surface area contributed by atoms with Crippen molar-refractivity contribution < 1.29 is 14.7 Å². The second-order valence-corrected chi connectivity index (χ2v) is 8.07. The van der Waals surface area contributed by atoms with Crippen LogP contribution < -0.4 is 4.90 Å². The number of hydrogen-bond donors (Lipinski definition) is 1. The smallest absolute Gasteiger partial charge is 0.327 e. The van der Waals surface area contributed by atoms with E-state index < -0.39 is 12.0 Å². The molecular formula is C22H24ClN3O3. The van der Waals surface area contributed by atoms with Gasteiger partial charge in [0.05, 0.1) is 6.54 Å². The number of rotatable bonds is 5. The molecule has 2 aliphatic rings. The van der Waals surface area contributed by atoms with E-state index in [4.69, 9.17) is 11.6 Å². The molecule has 1 amide bonds. The van der Waals surface area contributed by atoms with Crippen LogP contribution in [-0.4, -0.2) is 65.5 Å². The van der Waals surface area contributed by atoms with Gasteiger partial charge in [0, 0.05) is 49.9 Å². The fourth-order valence-electron chi connectivity index (χ4n) is 4.11. The van der Waals surface area contributed by atoms with Gasteiger partial charge in [-0.3, -0.25) is 19.5 Å². The standard InChI is InChI=1S/C22H24ClN3O3/c23-18-7-5-16(6-8-18)14-24-9-11-25(12-10-24)15-21(27)26-19-4-2-1-3-17(19)13-20(26)22(28)29/h1-8,20H,9-15H2,(H,28,29)/t20-/m1/s1. The van der Waals surface area contributed by atoms with Gasteiger partial charge in [-0.1, -0.05) is 41.9 Å². The number of para-hydroxylation sites is 1. The van der Waals surface area contributed by atoms with Gasteiger partial charge in [0.25, 0.3) is 0 Å². The van der Waals surface area contributed by atoms with Gasteiger partial charge in [-0.15, -0.1) is 0 Å². The highest BCUT2D eigenvalue weighted by molar-refractivity contribution is 6.30. The summed E-state index contributed by atoms with van der Waals surface area (Å²) in [6, 6.07) is 14.5. The Bertz CT molecular complexity index is 894. The van der Waals surface area contributed by atoms with Crippen LogP contribution in [0.1, 0.15) is 11.1 Å². The minimum atomic E-state index is -0.956. The molecule has 0 saturated carbocycles. The van der Waals surface area contributed by atoms with Crippen LogP contribution in [-0.2, 0) is 22.6 Å². The minimum Gasteiger partial charge on any atom is -0.480 e. The lowest BCUT2D eigenvalue weighted by Crippen LogP contribution is -2.52. The first kappa shape index (κ1) is 19.9. The number of carboxylic acid groups (broad SMARTS) is 1. The largest absolute Gasteiger partial charge is 0.480 e. The summed E-state index contributed by atoms with van der Waals surface area (Å²) in [5, 5.41) is 10.3. The van der Waals surface area contributed by atoms with E-state index in [-0.39, 0.29) is 12.5 Å². The van der Waals surface area contributed by atoms with E-state index in [0.29, 0.717) is 6.42 Å². The number of hydrogen-bond acceptors (Lipinski definition) is 4. The number of carboxylic acids is 1. The summed E-state index contributed by atoms with van der Waals surface area (Å²) in [6.07, 6.45) is 0.367. The van der Waals surface area contributed by atoms with Gasteiger partial charge >= 0.3 is 5.97 Å². The first-order chi connectivity index (χ1) is 14.0. The molecule has 2 aromatic rings. The minimum absolute atomic E-state index is 0.145. The molecule has 0 bridgehead atoms. The zero-order chi connectivity index (χ0) is 20.4. The molecule has 1 atom stereocenters. The average Bonchev–Trinajstić information content (AvgIpc) is 3.11. The highest BCUT2D eigenvalue weighted by Crippen LogP contribution is 2.32. The molecule has 1 N–H and O–H groups in total. The number of benzene rings is 2. The van der Waals surface area contributed by atoms with Crippen molar-refractivity contribution in [3.63, 3.8) is 0 Å². The molecule has 1 saturated heterocycles. The first-order valence-corrected chi connectivity index (χ1v) is 10.2. The molecule has 2 aromatic carbocycles. The molecule has 6 nitrogen and oxygen atoms in total. The number of halogens is 1. The second kappa shape index (κ2) is 8.53. The Morgan fingerprint density at radius 3 is 2.31 bits per heavy atom. The summed E-state index contributed by atoms with van der Waals surface area (Å²) in [5.41, 5.74) is 2.87. The van der Waals surface area contributed by atoms with Gasteiger partial charge in [0.1, 0.15) is 6.04 Å². The van der Waals surface area contributed by atoms with E-state index in [2.05, 4.69) is 9.80 Å². The number of fused-ring (bicyclic) bond motifs is 1. The Morgan fingerprint density at radius 1 is 0.966 bits per heavy atom. The van der Waals surface area contributed by atoms with E-state index >= 15 is 0 Å². The van der Waals surface area contributed by atoms with Crippen LogP contribution in [0, 0.1) is 0 Å². The van der Waals surface area contributed by atoms with Crippen LogP contribution >= 0.6 is 11.6 Å². The number of carbonyl (C=O) groups is 2. The quantitative estimate of drug-likeness (QED) is 0.816. The highest BCUT2D eigenvalue weighted by atomic mass is 35.5. The van der Waals surface area contributed by atoms with E-state index in [0.717, 1.165) is 49.0 Å². The summed E-state index contributed by atoms with van der Waals surface area (Å²) in [4.78, 5) is 30.6. The van der Waals surface area contributed by atoms with Crippen LogP contribution in [0.2, 0.25) is 5.02 Å². The number of aliphatic carboxylic acids is 1. The van der Waals surface area contributed by atoms with Crippen molar-refractivity contribution in [1.29, 1.82) is 0 Å². The molecule has 0 aliphatic carbocycles. The van der Waals surface area contributed by atoms with E-state index in [9.17, 15) is 14.7 Å². The summed E-state index contributed by atoms with van der Waals surface area (Å²) in [6.45, 7) is 4.41. The average molecular weight is 414 g/mol. The zero-order valence-electron chi connectivity index (χ0n) is 16.1. The maximum Gasteiger partial charge on any atom is 0.327 e. The first-order valence-electron chi connectivity index (χ1n) is 9.83. The fourth-order valence-corrected chi connectivity index (χ4v) is 4.24. The molecular weight excluding hydrogens is 390 g/mol. The fraction of sp³-hybridized carbons (Fsp3) is 0.364. The molecule has 2 aliphatic heterocycles. The molecule has 0 radical (unpaired) electrons. The summed E-state index contributed by atoms with van der Waals surface area (Å²) in [7, 11) is 0. The van der Waals surface area contributed by atoms with Crippen molar-refractivity contribution in [1.82, 2.24) is 9.80 Å². The molecule has 152 valence electrons. The number of carbonyl (C=O) groups excluding carboxylic acids is 1. The SMILES string of the molecule is O=C(O)[C@H]1Cc2ccccc2N1C(=O)CN1CCN(Cc2ccc(Cl)cc2)CC1. The Labute approximate surface area is 175 Å². The van der Waals surface area contributed by atoms with Crippen LogP contribution in [0.15, 0.2) is 48.5 Å². The third-order valence-corrected chi connectivity index (χ3v) is 5.93. The van der Waals surface area contributed by atoms with Crippen molar-refractivity contribution in [3.8, 4) is 0 Å². The van der Waals surface area contributed by atoms with E-state index in [1.165, 1.54) is 10.5 Å². The van der Waals surface area contributed by atoms with Crippen molar-refractivity contribution in [3.05, 3.63) is 64.7 Å². The molecule has 2 heterocycles. The molecule has 4 rings (SSSR count). The van der Waals surface area contributed by atoms with Gasteiger partial charge in [0.15, 0.2) is 0 Å².